The summed E-state index contributed by atoms with van der Waals surface area (Å²) < 4.78 is 47.0. The molecule has 4 heterocycles. The molecule has 0 fully saturated rings. The van der Waals surface area contributed by atoms with E-state index in [0.717, 1.165) is 24.5 Å². The molecular weight excluding hydrogens is 407 g/mol. The van der Waals surface area contributed by atoms with Crippen LogP contribution >= 0.6 is 0 Å². The van der Waals surface area contributed by atoms with Crippen molar-refractivity contribution in [2.75, 3.05) is 0 Å². The minimum absolute atomic E-state index is 0.00409. The zero-order valence-corrected chi connectivity index (χ0v) is 15.1. The maximum absolute atomic E-state index is 13.6. The molecule has 4 rings (SSSR count). The molecule has 4 aromatic rings. The number of alkyl halides is 2. The molecule has 30 heavy (non-hydrogen) atoms. The molecular formula is C17H12F3N7O3. The summed E-state index contributed by atoms with van der Waals surface area (Å²) >= 11 is 0. The first-order valence-corrected chi connectivity index (χ1v) is 8.42. The van der Waals surface area contributed by atoms with E-state index in [1.165, 1.54) is 17.8 Å². The SMILES string of the molecule is Cn1nc(O[C@@H](c2ccc(F)cn2)C(F)F)c2cc(-c3c[nH]c(=O)[nH]c3=O)nnc21. The van der Waals surface area contributed by atoms with Gasteiger partial charge in [-0.05, 0) is 18.2 Å². The standard InChI is InChI=1S/C17H12F3N7O3/c1-27-14-8(4-11(24-25-14)9-6-22-17(29)23-15(9)28)16(26-27)30-12(13(19)20)10-3-2-7(18)5-21-10/h2-6,12-13H,1H3,(H2,22,23,28,29)/t12-/m0/s1. The Balaban J connectivity index is 1.79. The molecule has 0 bridgehead atoms. The molecule has 0 aromatic carbocycles. The van der Waals surface area contributed by atoms with Gasteiger partial charge in [0, 0.05) is 13.2 Å². The monoisotopic (exact) mass is 419 g/mol. The van der Waals surface area contributed by atoms with E-state index in [9.17, 15) is 22.8 Å². The van der Waals surface area contributed by atoms with Gasteiger partial charge in [0.1, 0.15) is 11.5 Å². The lowest BCUT2D eigenvalue weighted by molar-refractivity contribution is 0.00605. The molecule has 0 saturated carbocycles. The lowest BCUT2D eigenvalue weighted by Crippen LogP contribution is -2.22. The Morgan fingerprint density at radius 2 is 2.00 bits per heavy atom. The van der Waals surface area contributed by atoms with E-state index < -0.39 is 29.6 Å². The van der Waals surface area contributed by atoms with Crippen molar-refractivity contribution in [1.29, 1.82) is 0 Å². The van der Waals surface area contributed by atoms with Gasteiger partial charge in [-0.3, -0.25) is 14.8 Å². The van der Waals surface area contributed by atoms with Crippen LogP contribution in [0.25, 0.3) is 22.3 Å². The molecule has 0 aliphatic heterocycles. The summed E-state index contributed by atoms with van der Waals surface area (Å²) in [5, 5.41) is 12.1. The van der Waals surface area contributed by atoms with Crippen molar-refractivity contribution in [1.82, 2.24) is 34.9 Å². The smallest absolute Gasteiger partial charge is 0.325 e. The molecule has 2 N–H and O–H groups in total. The maximum atomic E-state index is 13.6. The molecule has 0 spiro atoms. The number of aryl methyl sites for hydroxylation is 1. The molecule has 0 aliphatic rings. The second-order valence-electron chi connectivity index (χ2n) is 6.16. The van der Waals surface area contributed by atoms with Gasteiger partial charge in [0.05, 0.1) is 22.8 Å². The minimum atomic E-state index is -2.99. The van der Waals surface area contributed by atoms with Crippen molar-refractivity contribution in [2.45, 2.75) is 12.5 Å². The number of rotatable bonds is 5. The van der Waals surface area contributed by atoms with Crippen LogP contribution in [-0.2, 0) is 7.05 Å². The van der Waals surface area contributed by atoms with Gasteiger partial charge in [-0.15, -0.1) is 15.3 Å². The minimum Gasteiger partial charge on any atom is -0.460 e. The second-order valence-corrected chi connectivity index (χ2v) is 6.16. The number of halogens is 3. The van der Waals surface area contributed by atoms with Crippen LogP contribution in [0.5, 0.6) is 5.88 Å². The topological polar surface area (TPSA) is 131 Å². The fourth-order valence-corrected chi connectivity index (χ4v) is 2.75. The third kappa shape index (κ3) is 3.52. The number of hydrogen-bond acceptors (Lipinski definition) is 7. The van der Waals surface area contributed by atoms with Crippen LogP contribution in [0.1, 0.15) is 11.8 Å². The zero-order valence-electron chi connectivity index (χ0n) is 15.1. The maximum Gasteiger partial charge on any atom is 0.325 e. The van der Waals surface area contributed by atoms with Gasteiger partial charge >= 0.3 is 5.69 Å². The van der Waals surface area contributed by atoms with Crippen molar-refractivity contribution >= 4 is 11.0 Å². The van der Waals surface area contributed by atoms with Gasteiger partial charge < -0.3 is 9.72 Å². The predicted octanol–water partition coefficient (Wildman–Crippen LogP) is 1.33. The third-order valence-corrected chi connectivity index (χ3v) is 4.16. The van der Waals surface area contributed by atoms with Crippen molar-refractivity contribution in [3.8, 4) is 17.1 Å². The Hall–Kier alpha value is -4.03. The van der Waals surface area contributed by atoms with Crippen LogP contribution in [0.3, 0.4) is 0 Å². The summed E-state index contributed by atoms with van der Waals surface area (Å²) in [4.78, 5) is 31.2. The van der Waals surface area contributed by atoms with Gasteiger partial charge in [0.15, 0.2) is 5.65 Å². The average Bonchev–Trinajstić information content (AvgIpc) is 3.02. The van der Waals surface area contributed by atoms with E-state index in [0.29, 0.717) is 0 Å². The molecule has 10 nitrogen and oxygen atoms in total. The van der Waals surface area contributed by atoms with Crippen molar-refractivity contribution < 1.29 is 17.9 Å². The molecule has 0 aliphatic carbocycles. The molecule has 4 aromatic heterocycles. The normalized spacial score (nSPS) is 12.4. The molecule has 1 atom stereocenters. The van der Waals surface area contributed by atoms with E-state index >= 15 is 0 Å². The molecule has 13 heteroatoms. The van der Waals surface area contributed by atoms with E-state index in [4.69, 9.17) is 4.74 Å². The fraction of sp³-hybridized carbons (Fsp3) is 0.176. The van der Waals surface area contributed by atoms with Crippen molar-refractivity contribution in [3.63, 3.8) is 0 Å². The van der Waals surface area contributed by atoms with Crippen LogP contribution in [0.15, 0.2) is 40.2 Å². The fourth-order valence-electron chi connectivity index (χ4n) is 2.75. The van der Waals surface area contributed by atoms with Crippen LogP contribution in [0.2, 0.25) is 0 Å². The van der Waals surface area contributed by atoms with Crippen LogP contribution < -0.4 is 16.0 Å². The molecule has 0 radical (unpaired) electrons. The lowest BCUT2D eigenvalue weighted by Gasteiger charge is -2.16. The number of hydrogen-bond donors (Lipinski definition) is 2. The number of nitrogens with one attached hydrogen (secondary N) is 2. The summed E-state index contributed by atoms with van der Waals surface area (Å²) in [5.41, 5.74) is -1.33. The lowest BCUT2D eigenvalue weighted by atomic mass is 10.2. The number of nitrogens with zero attached hydrogens (tertiary/aromatic N) is 5. The molecule has 0 amide bonds. The van der Waals surface area contributed by atoms with Crippen molar-refractivity contribution in [2.24, 2.45) is 7.05 Å². The summed E-state index contributed by atoms with van der Waals surface area (Å²) in [6.45, 7) is 0. The van der Waals surface area contributed by atoms with Gasteiger partial charge in [-0.25, -0.2) is 22.6 Å². The first-order chi connectivity index (χ1) is 14.3. The summed E-state index contributed by atoms with van der Waals surface area (Å²) in [6.07, 6.45) is -2.86. The highest BCUT2D eigenvalue weighted by molar-refractivity contribution is 5.84. The van der Waals surface area contributed by atoms with E-state index in [-0.39, 0.29) is 33.9 Å². The molecule has 0 unspecified atom stereocenters. The number of fused-ring (bicyclic) bond motifs is 1. The van der Waals surface area contributed by atoms with Crippen LogP contribution in [0.4, 0.5) is 13.2 Å². The highest BCUT2D eigenvalue weighted by Crippen LogP contribution is 2.31. The largest absolute Gasteiger partial charge is 0.460 e. The number of ether oxygens (including phenoxy) is 1. The Kier molecular flexibility index (Phi) is 4.77. The van der Waals surface area contributed by atoms with E-state index in [1.54, 1.807) is 0 Å². The molecule has 0 saturated heterocycles. The zero-order chi connectivity index (χ0) is 21.4. The Bertz CT molecular complexity index is 1330. The first-order valence-electron chi connectivity index (χ1n) is 8.42. The summed E-state index contributed by atoms with van der Waals surface area (Å²) in [6, 6.07) is 3.44. The number of H-pyrrole nitrogens is 2. The first kappa shape index (κ1) is 19.3. The number of aromatic nitrogens is 7. The molecule has 154 valence electrons. The quantitative estimate of drug-likeness (QED) is 0.499. The Labute approximate surface area is 164 Å². The number of aromatic amines is 2. The highest BCUT2D eigenvalue weighted by Gasteiger charge is 2.28. The van der Waals surface area contributed by atoms with Crippen LogP contribution in [0, 0.1) is 5.82 Å². The Morgan fingerprint density at radius 1 is 1.20 bits per heavy atom. The van der Waals surface area contributed by atoms with Crippen molar-refractivity contribution in [3.05, 3.63) is 62.9 Å². The summed E-state index contributed by atoms with van der Waals surface area (Å²) in [5.74, 6) is -0.887. The van der Waals surface area contributed by atoms with E-state index in [1.807, 2.05) is 0 Å². The summed E-state index contributed by atoms with van der Waals surface area (Å²) in [7, 11) is 1.50. The predicted molar refractivity (Wildman–Crippen MR) is 96.5 cm³/mol. The van der Waals surface area contributed by atoms with Gasteiger partial charge in [-0.1, -0.05) is 0 Å². The highest BCUT2D eigenvalue weighted by atomic mass is 19.3. The van der Waals surface area contributed by atoms with Gasteiger partial charge in [0.2, 0.25) is 12.0 Å². The van der Waals surface area contributed by atoms with Gasteiger partial charge in [-0.2, -0.15) is 0 Å². The average molecular weight is 419 g/mol. The second kappa shape index (κ2) is 7.42. The Morgan fingerprint density at radius 3 is 2.67 bits per heavy atom. The van der Waals surface area contributed by atoms with Crippen LogP contribution in [-0.4, -0.2) is 41.4 Å². The number of pyridine rings is 1. The van der Waals surface area contributed by atoms with E-state index in [2.05, 4.69) is 30.2 Å². The van der Waals surface area contributed by atoms with Gasteiger partial charge in [0.25, 0.3) is 12.0 Å². The third-order valence-electron chi connectivity index (χ3n) is 4.16.